The van der Waals surface area contributed by atoms with E-state index in [0.29, 0.717) is 17.6 Å². The highest BCUT2D eigenvalue weighted by Crippen LogP contribution is 2.40. The number of ether oxygens (including phenoxy) is 1. The van der Waals surface area contributed by atoms with Crippen LogP contribution in [0.3, 0.4) is 0 Å². The summed E-state index contributed by atoms with van der Waals surface area (Å²) in [5.74, 6) is 0.348. The van der Waals surface area contributed by atoms with Crippen LogP contribution in [0, 0.1) is 5.92 Å². The fraction of sp³-hybridized carbons (Fsp3) is 0.529. The molecule has 1 aliphatic carbocycles. The molecule has 118 valence electrons. The minimum absolute atomic E-state index is 0.116. The fourth-order valence-corrected chi connectivity index (χ4v) is 3.28. The zero-order chi connectivity index (χ0) is 15.9. The summed E-state index contributed by atoms with van der Waals surface area (Å²) in [6.45, 7) is 6.41. The molecule has 4 rings (SSSR count). The van der Waals surface area contributed by atoms with Gasteiger partial charge in [0, 0.05) is 18.7 Å². The number of carbonyl (C=O) groups is 1. The van der Waals surface area contributed by atoms with Crippen LogP contribution in [0.5, 0.6) is 0 Å². The van der Waals surface area contributed by atoms with Gasteiger partial charge in [-0.25, -0.2) is 9.78 Å². The first-order valence-corrected chi connectivity index (χ1v) is 8.04. The Balaban J connectivity index is 1.80. The summed E-state index contributed by atoms with van der Waals surface area (Å²) in [7, 11) is 0. The van der Waals surface area contributed by atoms with Crippen LogP contribution >= 0.6 is 11.6 Å². The Kier molecular flexibility index (Phi) is 3.89. The van der Waals surface area contributed by atoms with E-state index in [1.807, 2.05) is 44.0 Å². The molecule has 0 saturated carbocycles. The van der Waals surface area contributed by atoms with Crippen molar-refractivity contribution in [2.45, 2.75) is 45.3 Å². The Bertz CT molecular complexity index is 604. The Labute approximate surface area is 136 Å². The first kappa shape index (κ1) is 15.3. The third-order valence-corrected chi connectivity index (χ3v) is 4.35. The molecule has 3 heterocycles. The van der Waals surface area contributed by atoms with Crippen LogP contribution in [0.15, 0.2) is 24.4 Å². The van der Waals surface area contributed by atoms with Crippen LogP contribution in [0.4, 0.5) is 4.79 Å². The second-order valence-corrected chi connectivity index (χ2v) is 7.35. The molecular weight excluding hydrogens is 300 g/mol. The van der Waals surface area contributed by atoms with Crippen molar-refractivity contribution in [1.29, 1.82) is 0 Å². The van der Waals surface area contributed by atoms with E-state index >= 15 is 0 Å². The molecule has 2 aliphatic heterocycles. The Morgan fingerprint density at radius 2 is 2.14 bits per heavy atom. The van der Waals surface area contributed by atoms with E-state index in [0.717, 1.165) is 18.4 Å². The summed E-state index contributed by atoms with van der Waals surface area (Å²) in [5, 5.41) is 0.501. The molecule has 1 aromatic rings. The van der Waals surface area contributed by atoms with Crippen LogP contribution in [0.2, 0.25) is 5.15 Å². The average molecular weight is 321 g/mol. The number of carbonyl (C=O) groups excluding carboxylic acids is 1. The molecule has 4 nitrogen and oxygen atoms in total. The largest absolute Gasteiger partial charge is 0.444 e. The second kappa shape index (κ2) is 5.58. The summed E-state index contributed by atoms with van der Waals surface area (Å²) in [6.07, 6.45) is 5.87. The second-order valence-electron chi connectivity index (χ2n) is 6.97. The monoisotopic (exact) mass is 320 g/mol. The molecule has 1 aromatic heterocycles. The third-order valence-electron chi connectivity index (χ3n) is 4.13. The van der Waals surface area contributed by atoms with Crippen LogP contribution in [-0.2, 0) is 4.74 Å². The molecule has 0 N–H and O–H groups in total. The molecule has 5 heteroatoms. The number of nitrogens with zero attached hydrogens (tertiary/aromatic N) is 2. The van der Waals surface area contributed by atoms with Gasteiger partial charge >= 0.3 is 6.09 Å². The predicted octanol–water partition coefficient (Wildman–Crippen LogP) is 4.15. The van der Waals surface area contributed by atoms with Gasteiger partial charge < -0.3 is 9.64 Å². The zero-order valence-electron chi connectivity index (χ0n) is 13.2. The maximum Gasteiger partial charge on any atom is 0.410 e. The Hall–Kier alpha value is -1.55. The van der Waals surface area contributed by atoms with Gasteiger partial charge in [-0.05, 0) is 50.8 Å². The SMILES string of the molecule is CC(C)(C)OC(=O)N1CC2CCC1C=C2c1ccc(Cl)nc1. The van der Waals surface area contributed by atoms with Crippen LogP contribution in [0.25, 0.3) is 5.57 Å². The number of hydrogen-bond acceptors (Lipinski definition) is 3. The summed E-state index contributed by atoms with van der Waals surface area (Å²) in [4.78, 5) is 18.3. The van der Waals surface area contributed by atoms with Crippen molar-refractivity contribution in [1.82, 2.24) is 9.88 Å². The number of piperidine rings is 1. The van der Waals surface area contributed by atoms with Crippen molar-refractivity contribution in [2.24, 2.45) is 5.92 Å². The van der Waals surface area contributed by atoms with E-state index in [1.54, 1.807) is 0 Å². The molecule has 2 unspecified atom stereocenters. The fourth-order valence-electron chi connectivity index (χ4n) is 3.17. The maximum absolute atomic E-state index is 12.3. The molecular formula is C17H21ClN2O2. The van der Waals surface area contributed by atoms with Gasteiger partial charge in [-0.1, -0.05) is 23.7 Å². The van der Waals surface area contributed by atoms with Gasteiger partial charge in [-0.2, -0.15) is 0 Å². The van der Waals surface area contributed by atoms with Crippen molar-refractivity contribution in [3.8, 4) is 0 Å². The van der Waals surface area contributed by atoms with Crippen LogP contribution < -0.4 is 0 Å². The van der Waals surface area contributed by atoms with Gasteiger partial charge in [0.2, 0.25) is 0 Å². The quantitative estimate of drug-likeness (QED) is 0.730. The van der Waals surface area contributed by atoms with Crippen molar-refractivity contribution < 1.29 is 9.53 Å². The molecule has 0 aromatic carbocycles. The zero-order valence-corrected chi connectivity index (χ0v) is 13.9. The predicted molar refractivity (Wildman–Crippen MR) is 86.7 cm³/mol. The molecule has 0 radical (unpaired) electrons. The molecule has 1 saturated heterocycles. The van der Waals surface area contributed by atoms with Gasteiger partial charge in [0.25, 0.3) is 0 Å². The summed E-state index contributed by atoms with van der Waals surface area (Å²) < 4.78 is 5.51. The summed E-state index contributed by atoms with van der Waals surface area (Å²) in [6, 6.07) is 3.93. The molecule has 0 spiro atoms. The normalized spacial score (nSPS) is 24.2. The lowest BCUT2D eigenvalue weighted by Crippen LogP contribution is -2.51. The molecule has 1 fully saturated rings. The Morgan fingerprint density at radius 1 is 1.36 bits per heavy atom. The molecule has 1 amide bonds. The highest BCUT2D eigenvalue weighted by atomic mass is 35.5. The van der Waals surface area contributed by atoms with Crippen molar-refractivity contribution in [3.05, 3.63) is 35.1 Å². The first-order valence-electron chi connectivity index (χ1n) is 7.67. The lowest BCUT2D eigenvalue weighted by molar-refractivity contribution is 0.00982. The number of rotatable bonds is 1. The Morgan fingerprint density at radius 3 is 2.68 bits per heavy atom. The number of fused-ring (bicyclic) bond motifs is 2. The van der Waals surface area contributed by atoms with E-state index in [-0.39, 0.29) is 12.1 Å². The number of hydrogen-bond donors (Lipinski definition) is 0. The molecule has 3 aliphatic rings. The maximum atomic E-state index is 12.3. The van der Waals surface area contributed by atoms with E-state index < -0.39 is 5.60 Å². The van der Waals surface area contributed by atoms with E-state index in [4.69, 9.17) is 16.3 Å². The van der Waals surface area contributed by atoms with E-state index in [2.05, 4.69) is 11.1 Å². The number of halogens is 1. The first-order chi connectivity index (χ1) is 10.3. The molecule has 2 atom stereocenters. The lowest BCUT2D eigenvalue weighted by atomic mass is 9.77. The van der Waals surface area contributed by atoms with Crippen LogP contribution in [-0.4, -0.2) is 34.2 Å². The van der Waals surface area contributed by atoms with E-state index in [9.17, 15) is 4.79 Å². The highest BCUT2D eigenvalue weighted by molar-refractivity contribution is 6.29. The van der Waals surface area contributed by atoms with Gasteiger partial charge in [0.05, 0.1) is 6.04 Å². The van der Waals surface area contributed by atoms with Crippen molar-refractivity contribution in [2.75, 3.05) is 6.54 Å². The summed E-state index contributed by atoms with van der Waals surface area (Å²) >= 11 is 5.86. The minimum Gasteiger partial charge on any atom is -0.444 e. The average Bonchev–Trinajstić information content (AvgIpc) is 2.46. The number of aromatic nitrogens is 1. The topological polar surface area (TPSA) is 42.4 Å². The highest BCUT2D eigenvalue weighted by Gasteiger charge is 2.39. The van der Waals surface area contributed by atoms with Gasteiger partial charge in [-0.3, -0.25) is 0 Å². The van der Waals surface area contributed by atoms with Crippen molar-refractivity contribution in [3.63, 3.8) is 0 Å². The van der Waals surface area contributed by atoms with Crippen LogP contribution in [0.1, 0.15) is 39.2 Å². The lowest BCUT2D eigenvalue weighted by Gasteiger charge is -2.44. The van der Waals surface area contributed by atoms with E-state index in [1.165, 1.54) is 5.57 Å². The van der Waals surface area contributed by atoms with Crippen molar-refractivity contribution >= 4 is 23.3 Å². The third kappa shape index (κ3) is 3.12. The number of pyridine rings is 1. The molecule has 22 heavy (non-hydrogen) atoms. The van der Waals surface area contributed by atoms with Gasteiger partial charge in [0.15, 0.2) is 0 Å². The standard InChI is InChI=1S/C17H21ClN2O2/c1-17(2,3)22-16(21)20-10-12-4-6-13(20)8-14(12)11-5-7-15(18)19-9-11/h5,7-9,12-13H,4,6,10H2,1-3H3. The number of amides is 1. The molecule has 2 bridgehead atoms. The van der Waals surface area contributed by atoms with Gasteiger partial charge in [0.1, 0.15) is 10.8 Å². The summed E-state index contributed by atoms with van der Waals surface area (Å²) in [5.41, 5.74) is 1.92. The minimum atomic E-state index is -0.458. The van der Waals surface area contributed by atoms with Gasteiger partial charge in [-0.15, -0.1) is 0 Å². The smallest absolute Gasteiger partial charge is 0.410 e.